The van der Waals surface area contributed by atoms with E-state index in [1.165, 1.54) is 0 Å². The number of aryl methyl sites for hydroxylation is 1. The topological polar surface area (TPSA) is 68.1 Å². The summed E-state index contributed by atoms with van der Waals surface area (Å²) in [6.07, 6.45) is 5.85. The Kier molecular flexibility index (Phi) is 5.32. The number of hydrogen-bond donors (Lipinski definition) is 1. The van der Waals surface area contributed by atoms with Gasteiger partial charge in [-0.15, -0.1) is 0 Å². The molecule has 2 aliphatic heterocycles. The molecule has 1 aliphatic carbocycles. The molecule has 1 saturated carbocycles. The van der Waals surface area contributed by atoms with Gasteiger partial charge in [-0.1, -0.05) is 0 Å². The highest BCUT2D eigenvalue weighted by molar-refractivity contribution is 5.50. The average molecular weight is 433 g/mol. The number of rotatable bonds is 4. The van der Waals surface area contributed by atoms with E-state index in [2.05, 4.69) is 20.3 Å². The van der Waals surface area contributed by atoms with E-state index in [-0.39, 0.29) is 18.9 Å². The quantitative estimate of drug-likeness (QED) is 0.789. The fourth-order valence-corrected chi connectivity index (χ4v) is 5.02. The van der Waals surface area contributed by atoms with E-state index in [9.17, 15) is 8.78 Å². The lowest BCUT2D eigenvalue weighted by Crippen LogP contribution is -2.34. The Labute approximate surface area is 181 Å². The molecule has 0 bridgehead atoms. The molecular formula is C22H30F2N6O. The standard InChI is InChI=1S/C22H30F2N6O/c1-16-4-10-30(28-16)19-14-18(29-11-7-21(15-29)8-12-31-13-9-21)26-20(27-19)25-17-2-5-22(23,24)6-3-17/h4,10,14,17H,2-3,5-9,11-13,15H2,1H3,(H,25,26,27). The number of nitrogens with one attached hydrogen (secondary N) is 1. The third kappa shape index (κ3) is 4.51. The minimum Gasteiger partial charge on any atom is -0.381 e. The molecule has 1 spiro atoms. The molecule has 2 saturated heterocycles. The molecule has 31 heavy (non-hydrogen) atoms. The van der Waals surface area contributed by atoms with E-state index < -0.39 is 5.92 Å². The summed E-state index contributed by atoms with van der Waals surface area (Å²) < 4.78 is 34.4. The average Bonchev–Trinajstić information content (AvgIpc) is 3.37. The molecule has 168 valence electrons. The molecule has 0 unspecified atom stereocenters. The zero-order chi connectivity index (χ0) is 21.5. The third-order valence-electron chi connectivity index (χ3n) is 7.02. The van der Waals surface area contributed by atoms with Gasteiger partial charge in [0.05, 0.1) is 5.69 Å². The lowest BCUT2D eigenvalue weighted by Gasteiger charge is -2.33. The van der Waals surface area contributed by atoms with E-state index in [4.69, 9.17) is 9.72 Å². The summed E-state index contributed by atoms with van der Waals surface area (Å²) in [5.74, 6) is -0.504. The van der Waals surface area contributed by atoms with Crippen molar-refractivity contribution in [3.05, 3.63) is 24.0 Å². The number of halogens is 2. The van der Waals surface area contributed by atoms with Gasteiger partial charge in [0.2, 0.25) is 11.9 Å². The molecule has 0 amide bonds. The van der Waals surface area contributed by atoms with Crippen molar-refractivity contribution in [2.24, 2.45) is 5.41 Å². The monoisotopic (exact) mass is 432 g/mol. The smallest absolute Gasteiger partial charge is 0.248 e. The second-order valence-electron chi connectivity index (χ2n) is 9.37. The van der Waals surface area contributed by atoms with Crippen molar-refractivity contribution in [2.75, 3.05) is 36.5 Å². The molecular weight excluding hydrogens is 402 g/mol. The van der Waals surface area contributed by atoms with Gasteiger partial charge in [0.1, 0.15) is 5.82 Å². The van der Waals surface area contributed by atoms with E-state index in [0.717, 1.165) is 57.1 Å². The van der Waals surface area contributed by atoms with Crippen LogP contribution in [0.3, 0.4) is 0 Å². The van der Waals surface area contributed by atoms with Gasteiger partial charge in [0, 0.05) is 57.4 Å². The van der Waals surface area contributed by atoms with Crippen molar-refractivity contribution < 1.29 is 13.5 Å². The van der Waals surface area contributed by atoms with Crippen molar-refractivity contribution in [1.82, 2.24) is 19.7 Å². The maximum Gasteiger partial charge on any atom is 0.248 e. The van der Waals surface area contributed by atoms with Crippen LogP contribution < -0.4 is 10.2 Å². The lowest BCUT2D eigenvalue weighted by molar-refractivity contribution is -0.0361. The number of hydrogen-bond acceptors (Lipinski definition) is 6. The van der Waals surface area contributed by atoms with Crippen molar-refractivity contribution >= 4 is 11.8 Å². The maximum absolute atomic E-state index is 13.6. The molecule has 7 nitrogen and oxygen atoms in total. The summed E-state index contributed by atoms with van der Waals surface area (Å²) in [4.78, 5) is 11.8. The minimum absolute atomic E-state index is 0.0394. The first-order valence-electron chi connectivity index (χ1n) is 11.3. The first-order chi connectivity index (χ1) is 14.9. The highest BCUT2D eigenvalue weighted by Gasteiger charge is 2.40. The summed E-state index contributed by atoms with van der Waals surface area (Å²) >= 11 is 0. The molecule has 1 N–H and O–H groups in total. The van der Waals surface area contributed by atoms with Crippen LogP contribution >= 0.6 is 0 Å². The fraction of sp³-hybridized carbons (Fsp3) is 0.682. The summed E-state index contributed by atoms with van der Waals surface area (Å²) in [5, 5.41) is 7.83. The van der Waals surface area contributed by atoms with Crippen LogP contribution in [0.5, 0.6) is 0 Å². The largest absolute Gasteiger partial charge is 0.381 e. The Bertz CT molecular complexity index is 916. The van der Waals surface area contributed by atoms with Gasteiger partial charge in [0.15, 0.2) is 5.82 Å². The van der Waals surface area contributed by atoms with Gasteiger partial charge < -0.3 is 15.0 Å². The second-order valence-corrected chi connectivity index (χ2v) is 9.37. The second kappa shape index (κ2) is 8.00. The van der Waals surface area contributed by atoms with Gasteiger partial charge in [-0.05, 0) is 50.5 Å². The van der Waals surface area contributed by atoms with Gasteiger partial charge in [0.25, 0.3) is 0 Å². The van der Waals surface area contributed by atoms with Gasteiger partial charge in [-0.3, -0.25) is 0 Å². The molecule has 9 heteroatoms. The predicted octanol–water partition coefficient (Wildman–Crippen LogP) is 3.97. The first kappa shape index (κ1) is 20.6. The van der Waals surface area contributed by atoms with Crippen molar-refractivity contribution in [1.29, 1.82) is 0 Å². The first-order valence-corrected chi connectivity index (χ1v) is 11.3. The van der Waals surface area contributed by atoms with Crippen LogP contribution in [0, 0.1) is 12.3 Å². The van der Waals surface area contributed by atoms with Crippen molar-refractivity contribution in [3.8, 4) is 5.82 Å². The maximum atomic E-state index is 13.6. The molecule has 2 aromatic heterocycles. The Morgan fingerprint density at radius 2 is 1.81 bits per heavy atom. The number of anilines is 2. The summed E-state index contributed by atoms with van der Waals surface area (Å²) in [6.45, 7) is 5.50. The fourth-order valence-electron chi connectivity index (χ4n) is 5.02. The molecule has 4 heterocycles. The van der Waals surface area contributed by atoms with Crippen LogP contribution in [0.2, 0.25) is 0 Å². The van der Waals surface area contributed by atoms with Gasteiger partial charge >= 0.3 is 0 Å². The zero-order valence-corrected chi connectivity index (χ0v) is 18.0. The third-order valence-corrected chi connectivity index (χ3v) is 7.02. The highest BCUT2D eigenvalue weighted by Crippen LogP contribution is 2.41. The molecule has 3 aliphatic rings. The van der Waals surface area contributed by atoms with Crippen LogP contribution in [0.1, 0.15) is 50.6 Å². The SMILES string of the molecule is Cc1ccn(-c2cc(N3CCC4(CCOCC4)C3)nc(NC3CCC(F)(F)CC3)n2)n1. The van der Waals surface area contributed by atoms with Crippen molar-refractivity contribution in [2.45, 2.75) is 63.8 Å². The molecule has 2 aromatic rings. The number of alkyl halides is 2. The predicted molar refractivity (Wildman–Crippen MR) is 114 cm³/mol. The van der Waals surface area contributed by atoms with E-state index in [1.54, 1.807) is 4.68 Å². The van der Waals surface area contributed by atoms with Crippen LogP contribution in [0.4, 0.5) is 20.5 Å². The van der Waals surface area contributed by atoms with E-state index in [1.807, 2.05) is 25.3 Å². The van der Waals surface area contributed by atoms with E-state index >= 15 is 0 Å². The number of aromatic nitrogens is 4. The van der Waals surface area contributed by atoms with Crippen molar-refractivity contribution in [3.63, 3.8) is 0 Å². The van der Waals surface area contributed by atoms with Crippen LogP contribution in [-0.4, -0.2) is 58.0 Å². The summed E-state index contributed by atoms with van der Waals surface area (Å²) in [5.41, 5.74) is 1.21. The van der Waals surface area contributed by atoms with Gasteiger partial charge in [-0.2, -0.15) is 15.1 Å². The Balaban J connectivity index is 1.40. The Hall–Kier alpha value is -2.29. The Morgan fingerprint density at radius 1 is 1.06 bits per heavy atom. The number of nitrogens with zero attached hydrogens (tertiary/aromatic N) is 5. The molecule has 3 fully saturated rings. The van der Waals surface area contributed by atoms with Gasteiger partial charge in [-0.25, -0.2) is 13.5 Å². The van der Waals surface area contributed by atoms with E-state index in [0.29, 0.717) is 30.0 Å². The number of ether oxygens (including phenoxy) is 1. The molecule has 5 rings (SSSR count). The zero-order valence-electron chi connectivity index (χ0n) is 18.0. The Morgan fingerprint density at radius 3 is 2.52 bits per heavy atom. The molecule has 0 aromatic carbocycles. The van der Waals surface area contributed by atoms with Crippen LogP contribution in [0.25, 0.3) is 5.82 Å². The highest BCUT2D eigenvalue weighted by atomic mass is 19.3. The lowest BCUT2D eigenvalue weighted by atomic mass is 9.80. The minimum atomic E-state index is -2.55. The summed E-state index contributed by atoms with van der Waals surface area (Å²) in [6, 6.07) is 3.87. The summed E-state index contributed by atoms with van der Waals surface area (Å²) in [7, 11) is 0. The molecule has 0 radical (unpaired) electrons. The van der Waals surface area contributed by atoms with Crippen LogP contribution in [0.15, 0.2) is 18.3 Å². The van der Waals surface area contributed by atoms with Crippen LogP contribution in [-0.2, 0) is 4.74 Å². The molecule has 0 atom stereocenters. The normalized spacial score (nSPS) is 23.4.